The van der Waals surface area contributed by atoms with Crippen LogP contribution >= 0.6 is 11.3 Å². The number of esters is 1. The topological polar surface area (TPSA) is 92.7 Å². The monoisotopic (exact) mass is 417 g/mol. The lowest BCUT2D eigenvalue weighted by Crippen LogP contribution is -2.47. The van der Waals surface area contributed by atoms with Crippen LogP contribution in [0.25, 0.3) is 0 Å². The molecular weight excluding hydrogens is 390 g/mol. The summed E-state index contributed by atoms with van der Waals surface area (Å²) in [5.74, 6) is -2.56. The number of carbonyl (C=O) groups is 3. The molecule has 1 aromatic heterocycles. The van der Waals surface area contributed by atoms with Gasteiger partial charge in [-0.2, -0.15) is 0 Å². The van der Waals surface area contributed by atoms with Crippen LogP contribution in [0.1, 0.15) is 53.4 Å². The molecule has 5 atom stereocenters. The summed E-state index contributed by atoms with van der Waals surface area (Å²) >= 11 is 1.45. The van der Waals surface area contributed by atoms with Gasteiger partial charge < -0.3 is 15.2 Å². The van der Waals surface area contributed by atoms with E-state index in [0.717, 1.165) is 49.0 Å². The number of carbonyl (C=O) groups excluding carboxylic acids is 2. The third-order valence-corrected chi connectivity index (χ3v) is 8.08. The standard InChI is InChI=1S/C22H27NO5S/c1-3-11-4-9-14-15(10-11)29-20(18(14)22(27)28-2)23-19(24)16-12-5-7-13(8-6-12)17(16)21(25)26/h5,7,11-13,16-17H,3-4,6,8-10H2,1-2H3,(H,23,24)(H,25,26)/t11-,12+,13-,16+,17-/m0/s1. The number of thiophene rings is 1. The van der Waals surface area contributed by atoms with Crippen molar-refractivity contribution >= 4 is 34.2 Å². The van der Waals surface area contributed by atoms with Crippen molar-refractivity contribution in [1.82, 2.24) is 0 Å². The highest BCUT2D eigenvalue weighted by Crippen LogP contribution is 2.46. The van der Waals surface area contributed by atoms with Gasteiger partial charge in [0.2, 0.25) is 5.91 Å². The van der Waals surface area contributed by atoms with E-state index in [-0.39, 0.29) is 17.7 Å². The summed E-state index contributed by atoms with van der Waals surface area (Å²) in [5.41, 5.74) is 1.44. The number of carboxylic acids is 1. The van der Waals surface area contributed by atoms with Crippen molar-refractivity contribution in [1.29, 1.82) is 0 Å². The van der Waals surface area contributed by atoms with Gasteiger partial charge in [0.05, 0.1) is 24.5 Å². The van der Waals surface area contributed by atoms with Crippen molar-refractivity contribution in [2.75, 3.05) is 12.4 Å². The maximum atomic E-state index is 13.2. The fourth-order valence-corrected chi connectivity index (χ4v) is 6.65. The minimum absolute atomic E-state index is 0.0678. The Bertz CT molecular complexity index is 873. The first-order chi connectivity index (χ1) is 13.9. The predicted molar refractivity (Wildman–Crippen MR) is 110 cm³/mol. The third-order valence-electron chi connectivity index (χ3n) is 6.91. The SMILES string of the molecule is CC[C@H]1CCc2c(sc(NC(=O)[C@H]3[C@@H](C(=O)O)[C@H]4C=C[C@@H]3CC4)c2C(=O)OC)C1. The quantitative estimate of drug-likeness (QED) is 0.560. The van der Waals surface area contributed by atoms with E-state index >= 15 is 0 Å². The first-order valence-electron chi connectivity index (χ1n) is 10.4. The second-order valence-corrected chi connectivity index (χ2v) is 9.49. The Kier molecular flexibility index (Phi) is 5.51. The Labute approximate surface area is 174 Å². The Balaban J connectivity index is 1.64. The number of rotatable bonds is 5. The molecule has 4 aliphatic carbocycles. The summed E-state index contributed by atoms with van der Waals surface area (Å²) in [6.07, 6.45) is 9.40. The highest BCUT2D eigenvalue weighted by Gasteiger charge is 2.48. The lowest BCUT2D eigenvalue weighted by molar-refractivity contribution is -0.151. The molecule has 0 aromatic carbocycles. The third kappa shape index (κ3) is 3.50. The summed E-state index contributed by atoms with van der Waals surface area (Å²) < 4.78 is 5.00. The van der Waals surface area contributed by atoms with Gasteiger partial charge >= 0.3 is 11.9 Å². The van der Waals surface area contributed by atoms with Crippen LogP contribution in [0.3, 0.4) is 0 Å². The molecule has 6 nitrogen and oxygen atoms in total. The molecule has 0 aliphatic heterocycles. The highest BCUT2D eigenvalue weighted by molar-refractivity contribution is 7.17. The number of methoxy groups -OCH3 is 1. The number of hydrogen-bond donors (Lipinski definition) is 2. The summed E-state index contributed by atoms with van der Waals surface area (Å²) in [6.45, 7) is 2.17. The zero-order valence-corrected chi connectivity index (χ0v) is 17.6. The van der Waals surface area contributed by atoms with Crippen LogP contribution in [0, 0.1) is 29.6 Å². The molecule has 0 saturated heterocycles. The van der Waals surface area contributed by atoms with E-state index in [1.165, 1.54) is 18.4 Å². The van der Waals surface area contributed by atoms with Crippen LogP contribution in [-0.4, -0.2) is 30.1 Å². The summed E-state index contributed by atoms with van der Waals surface area (Å²) in [7, 11) is 1.35. The van der Waals surface area contributed by atoms with Gasteiger partial charge in [0.1, 0.15) is 5.00 Å². The first-order valence-corrected chi connectivity index (χ1v) is 11.2. The fourth-order valence-electron chi connectivity index (χ4n) is 5.29. The van der Waals surface area contributed by atoms with E-state index in [1.54, 1.807) is 0 Å². The van der Waals surface area contributed by atoms with Gasteiger partial charge in [-0.1, -0.05) is 25.5 Å². The number of nitrogens with one attached hydrogen (secondary N) is 1. The average Bonchev–Trinajstić information content (AvgIpc) is 3.09. The van der Waals surface area contributed by atoms with E-state index < -0.39 is 23.8 Å². The normalized spacial score (nSPS) is 29.9. The number of anilines is 1. The average molecular weight is 418 g/mol. The molecule has 2 bridgehead atoms. The molecule has 1 saturated carbocycles. The second-order valence-electron chi connectivity index (χ2n) is 8.39. The zero-order valence-electron chi connectivity index (χ0n) is 16.8. The van der Waals surface area contributed by atoms with E-state index in [2.05, 4.69) is 12.2 Å². The molecule has 0 radical (unpaired) electrons. The van der Waals surface area contributed by atoms with Gasteiger partial charge in [0.15, 0.2) is 0 Å². The molecule has 1 amide bonds. The molecule has 0 unspecified atom stereocenters. The molecule has 156 valence electrons. The lowest BCUT2D eigenvalue weighted by Gasteiger charge is -2.41. The molecule has 1 fully saturated rings. The fraction of sp³-hybridized carbons (Fsp3) is 0.591. The Morgan fingerprint density at radius 1 is 1.17 bits per heavy atom. The number of ether oxygens (including phenoxy) is 1. The van der Waals surface area contributed by atoms with Crippen LogP contribution in [0.5, 0.6) is 0 Å². The van der Waals surface area contributed by atoms with E-state index in [0.29, 0.717) is 16.5 Å². The van der Waals surface area contributed by atoms with E-state index in [1.807, 2.05) is 12.2 Å². The number of amides is 1. The molecule has 1 heterocycles. The highest BCUT2D eigenvalue weighted by atomic mass is 32.1. The number of carboxylic acid groups (broad SMARTS) is 1. The van der Waals surface area contributed by atoms with Gasteiger partial charge in [0.25, 0.3) is 0 Å². The molecule has 4 aliphatic rings. The molecule has 2 N–H and O–H groups in total. The number of aliphatic carboxylic acids is 1. The molecular formula is C22H27NO5S. The van der Waals surface area contributed by atoms with Crippen LogP contribution < -0.4 is 5.32 Å². The summed E-state index contributed by atoms with van der Waals surface area (Å²) in [4.78, 5) is 38.7. The van der Waals surface area contributed by atoms with Gasteiger partial charge in [-0.15, -0.1) is 11.3 Å². The van der Waals surface area contributed by atoms with Crippen molar-refractivity contribution in [3.05, 3.63) is 28.2 Å². The Hall–Kier alpha value is -2.15. The van der Waals surface area contributed by atoms with Gasteiger partial charge in [0, 0.05) is 4.88 Å². The van der Waals surface area contributed by atoms with Crippen molar-refractivity contribution < 1.29 is 24.2 Å². The van der Waals surface area contributed by atoms with E-state index in [4.69, 9.17) is 4.74 Å². The van der Waals surface area contributed by atoms with Gasteiger partial charge in [-0.05, 0) is 55.4 Å². The van der Waals surface area contributed by atoms with Crippen molar-refractivity contribution in [2.24, 2.45) is 29.6 Å². The van der Waals surface area contributed by atoms with Gasteiger partial charge in [-0.3, -0.25) is 9.59 Å². The molecule has 1 aromatic rings. The zero-order chi connectivity index (χ0) is 20.7. The summed E-state index contributed by atoms with van der Waals surface area (Å²) in [6, 6.07) is 0. The number of hydrogen-bond acceptors (Lipinski definition) is 5. The largest absolute Gasteiger partial charge is 0.481 e. The van der Waals surface area contributed by atoms with Crippen LogP contribution in [0.4, 0.5) is 5.00 Å². The van der Waals surface area contributed by atoms with Gasteiger partial charge in [-0.25, -0.2) is 4.79 Å². The molecule has 0 spiro atoms. The lowest BCUT2D eigenvalue weighted by atomic mass is 9.62. The minimum Gasteiger partial charge on any atom is -0.481 e. The Morgan fingerprint density at radius 3 is 2.45 bits per heavy atom. The molecule has 29 heavy (non-hydrogen) atoms. The minimum atomic E-state index is -0.923. The predicted octanol–water partition coefficient (Wildman–Crippen LogP) is 3.90. The van der Waals surface area contributed by atoms with Crippen molar-refractivity contribution in [3.63, 3.8) is 0 Å². The number of allylic oxidation sites excluding steroid dienone is 2. The Morgan fingerprint density at radius 2 is 1.86 bits per heavy atom. The van der Waals surface area contributed by atoms with E-state index in [9.17, 15) is 19.5 Å². The first kappa shape index (κ1) is 20.1. The smallest absolute Gasteiger partial charge is 0.341 e. The molecule has 7 heteroatoms. The maximum Gasteiger partial charge on any atom is 0.341 e. The van der Waals surface area contributed by atoms with Crippen molar-refractivity contribution in [3.8, 4) is 0 Å². The molecule has 5 rings (SSSR count). The van der Waals surface area contributed by atoms with Crippen molar-refractivity contribution in [2.45, 2.75) is 45.4 Å². The second kappa shape index (κ2) is 7.94. The summed E-state index contributed by atoms with van der Waals surface area (Å²) in [5, 5.41) is 13.2. The maximum absolute atomic E-state index is 13.2. The van der Waals surface area contributed by atoms with Crippen LogP contribution in [-0.2, 0) is 27.2 Å². The van der Waals surface area contributed by atoms with Crippen LogP contribution in [0.2, 0.25) is 0 Å². The van der Waals surface area contributed by atoms with Crippen LogP contribution in [0.15, 0.2) is 12.2 Å². The number of fused-ring (bicyclic) bond motifs is 3.